The molecule has 0 fully saturated rings. The topological polar surface area (TPSA) is 51.8 Å². The Hall–Kier alpha value is -2.47. The van der Waals surface area contributed by atoms with Crippen molar-refractivity contribution in [3.63, 3.8) is 0 Å². The molecule has 112 valence electrons. The molecule has 1 aliphatic heterocycles. The van der Waals surface area contributed by atoms with Crippen LogP contribution in [0.5, 0.6) is 0 Å². The zero-order chi connectivity index (χ0) is 14.9. The van der Waals surface area contributed by atoms with Crippen molar-refractivity contribution in [1.29, 1.82) is 0 Å². The van der Waals surface area contributed by atoms with E-state index in [1.165, 1.54) is 5.69 Å². The van der Waals surface area contributed by atoms with Crippen LogP contribution in [-0.2, 0) is 26.7 Å². The number of aromatic nitrogens is 5. The molecule has 0 saturated carbocycles. The summed E-state index contributed by atoms with van der Waals surface area (Å²) in [5.41, 5.74) is 2.34. The lowest BCUT2D eigenvalue weighted by Gasteiger charge is -2.27. The monoisotopic (exact) mass is 294 g/mol. The summed E-state index contributed by atoms with van der Waals surface area (Å²) in [6, 6.07) is 8.21. The zero-order valence-corrected chi connectivity index (χ0v) is 12.6. The van der Waals surface area contributed by atoms with Gasteiger partial charge in [-0.3, -0.25) is 9.88 Å². The van der Waals surface area contributed by atoms with E-state index in [1.54, 1.807) is 6.20 Å². The molecule has 1 aliphatic rings. The van der Waals surface area contributed by atoms with E-state index in [9.17, 15) is 0 Å². The quantitative estimate of drug-likeness (QED) is 0.738. The van der Waals surface area contributed by atoms with E-state index in [2.05, 4.69) is 54.6 Å². The van der Waals surface area contributed by atoms with Gasteiger partial charge in [-0.2, -0.15) is 0 Å². The van der Waals surface area contributed by atoms with Gasteiger partial charge < -0.3 is 9.13 Å². The maximum atomic E-state index is 4.37. The molecule has 4 rings (SSSR count). The van der Waals surface area contributed by atoms with Gasteiger partial charge in [-0.05, 0) is 24.3 Å². The molecule has 0 saturated heterocycles. The Bertz CT molecular complexity index is 773. The predicted octanol–water partition coefficient (Wildman–Crippen LogP) is 1.69. The first-order valence-electron chi connectivity index (χ1n) is 7.46. The average molecular weight is 294 g/mol. The van der Waals surface area contributed by atoms with Crippen LogP contribution in [0.15, 0.2) is 42.9 Å². The molecule has 0 bridgehead atoms. The largest absolute Gasteiger partial charge is 0.353 e. The van der Waals surface area contributed by atoms with E-state index in [-0.39, 0.29) is 0 Å². The number of pyridine rings is 1. The molecule has 3 aromatic rings. The third kappa shape index (κ3) is 2.31. The summed E-state index contributed by atoms with van der Waals surface area (Å²) in [6.07, 6.45) is 5.70. The number of aryl methyl sites for hydroxylation is 1. The van der Waals surface area contributed by atoms with Crippen LogP contribution in [0.3, 0.4) is 0 Å². The Morgan fingerprint density at radius 1 is 1.14 bits per heavy atom. The van der Waals surface area contributed by atoms with Crippen molar-refractivity contribution >= 4 is 0 Å². The average Bonchev–Trinajstić information content (AvgIpc) is 3.15. The fourth-order valence-electron chi connectivity index (χ4n) is 2.94. The first-order chi connectivity index (χ1) is 10.8. The molecular formula is C16H18N6. The lowest BCUT2D eigenvalue weighted by Crippen LogP contribution is -2.34. The smallest absolute Gasteiger partial charge is 0.165 e. The molecule has 0 atom stereocenters. The summed E-state index contributed by atoms with van der Waals surface area (Å²) < 4.78 is 4.37. The molecule has 22 heavy (non-hydrogen) atoms. The third-order valence-corrected chi connectivity index (χ3v) is 4.19. The predicted molar refractivity (Wildman–Crippen MR) is 82.8 cm³/mol. The summed E-state index contributed by atoms with van der Waals surface area (Å²) in [7, 11) is 2.09. The lowest BCUT2D eigenvalue weighted by atomic mass is 10.2. The fourth-order valence-corrected chi connectivity index (χ4v) is 2.94. The van der Waals surface area contributed by atoms with Gasteiger partial charge >= 0.3 is 0 Å². The van der Waals surface area contributed by atoms with Crippen molar-refractivity contribution in [1.82, 2.24) is 29.2 Å². The van der Waals surface area contributed by atoms with Crippen LogP contribution in [0.4, 0.5) is 0 Å². The van der Waals surface area contributed by atoms with Gasteiger partial charge in [0.15, 0.2) is 5.82 Å². The van der Waals surface area contributed by atoms with Crippen LogP contribution < -0.4 is 0 Å². The second-order valence-electron chi connectivity index (χ2n) is 5.65. The van der Waals surface area contributed by atoms with E-state index in [0.717, 1.165) is 43.4 Å². The van der Waals surface area contributed by atoms with Gasteiger partial charge in [-0.25, -0.2) is 0 Å². The maximum Gasteiger partial charge on any atom is 0.165 e. The Balaban J connectivity index is 1.56. The summed E-state index contributed by atoms with van der Waals surface area (Å²) in [4.78, 5) is 6.58. The van der Waals surface area contributed by atoms with E-state index >= 15 is 0 Å². The van der Waals surface area contributed by atoms with E-state index in [0.29, 0.717) is 0 Å². The normalized spacial score (nSPS) is 15.0. The zero-order valence-electron chi connectivity index (χ0n) is 12.6. The Kier molecular flexibility index (Phi) is 3.23. The third-order valence-electron chi connectivity index (χ3n) is 4.19. The Morgan fingerprint density at radius 2 is 2.09 bits per heavy atom. The highest BCUT2D eigenvalue weighted by Gasteiger charge is 2.22. The summed E-state index contributed by atoms with van der Waals surface area (Å²) in [5.74, 6) is 1.95. The molecular weight excluding hydrogens is 276 g/mol. The number of hydrogen-bond donors (Lipinski definition) is 0. The van der Waals surface area contributed by atoms with Gasteiger partial charge in [-0.1, -0.05) is 0 Å². The molecule has 0 radical (unpaired) electrons. The molecule has 3 aromatic heterocycles. The second-order valence-corrected chi connectivity index (χ2v) is 5.65. The Morgan fingerprint density at radius 3 is 2.86 bits per heavy atom. The fraction of sp³-hybridized carbons (Fsp3) is 0.312. The van der Waals surface area contributed by atoms with Crippen LogP contribution in [0.2, 0.25) is 0 Å². The summed E-state index contributed by atoms with van der Waals surface area (Å²) in [5, 5.41) is 8.73. The molecule has 0 spiro atoms. The van der Waals surface area contributed by atoms with Crippen LogP contribution >= 0.6 is 0 Å². The first-order valence-corrected chi connectivity index (χ1v) is 7.46. The molecule has 4 heterocycles. The van der Waals surface area contributed by atoms with Crippen LogP contribution in [-0.4, -0.2) is 35.8 Å². The van der Waals surface area contributed by atoms with Gasteiger partial charge in [0.05, 0.1) is 6.54 Å². The number of hydrogen-bond acceptors (Lipinski definition) is 4. The first kappa shape index (κ1) is 13.2. The van der Waals surface area contributed by atoms with Crippen LogP contribution in [0.25, 0.3) is 11.4 Å². The van der Waals surface area contributed by atoms with E-state index in [4.69, 9.17) is 0 Å². The van der Waals surface area contributed by atoms with Gasteiger partial charge in [0, 0.05) is 56.5 Å². The van der Waals surface area contributed by atoms with Crippen molar-refractivity contribution in [2.24, 2.45) is 7.05 Å². The standard InChI is InChI=1S/C16H18N6/c1-20-7-3-5-14(20)11-21-8-9-22-15(12-21)18-19-16(22)13-4-2-6-17-10-13/h2-7,10H,8-9,11-12H2,1H3. The molecule has 0 aromatic carbocycles. The van der Waals surface area contributed by atoms with Crippen LogP contribution in [0.1, 0.15) is 11.5 Å². The van der Waals surface area contributed by atoms with Gasteiger partial charge in [0.1, 0.15) is 5.82 Å². The van der Waals surface area contributed by atoms with Crippen LogP contribution in [0, 0.1) is 0 Å². The molecule has 6 heteroatoms. The number of rotatable bonds is 3. The van der Waals surface area contributed by atoms with Crippen molar-refractivity contribution in [2.45, 2.75) is 19.6 Å². The minimum absolute atomic E-state index is 0.832. The molecule has 0 unspecified atom stereocenters. The highest BCUT2D eigenvalue weighted by molar-refractivity contribution is 5.53. The SMILES string of the molecule is Cn1cccc1CN1CCn2c(nnc2-c2cccnc2)C1. The highest BCUT2D eigenvalue weighted by Crippen LogP contribution is 2.21. The van der Waals surface area contributed by atoms with Crippen molar-refractivity contribution in [3.8, 4) is 11.4 Å². The minimum Gasteiger partial charge on any atom is -0.353 e. The van der Waals surface area contributed by atoms with E-state index < -0.39 is 0 Å². The number of nitrogens with zero attached hydrogens (tertiary/aromatic N) is 6. The lowest BCUT2D eigenvalue weighted by molar-refractivity contribution is 0.205. The highest BCUT2D eigenvalue weighted by atomic mass is 15.3. The Labute approximate surface area is 129 Å². The van der Waals surface area contributed by atoms with Crippen molar-refractivity contribution in [2.75, 3.05) is 6.54 Å². The second kappa shape index (κ2) is 5.38. The molecule has 0 aliphatic carbocycles. The van der Waals surface area contributed by atoms with Gasteiger partial charge in [0.25, 0.3) is 0 Å². The number of fused-ring (bicyclic) bond motifs is 1. The molecule has 0 amide bonds. The molecule has 6 nitrogen and oxygen atoms in total. The van der Waals surface area contributed by atoms with Crippen molar-refractivity contribution in [3.05, 3.63) is 54.4 Å². The summed E-state index contributed by atoms with van der Waals surface area (Å²) >= 11 is 0. The van der Waals surface area contributed by atoms with E-state index in [1.807, 2.05) is 18.3 Å². The minimum atomic E-state index is 0.832. The molecule has 0 N–H and O–H groups in total. The van der Waals surface area contributed by atoms with Gasteiger partial charge in [0.2, 0.25) is 0 Å². The van der Waals surface area contributed by atoms with Gasteiger partial charge in [-0.15, -0.1) is 10.2 Å². The van der Waals surface area contributed by atoms with Crippen molar-refractivity contribution < 1.29 is 0 Å². The summed E-state index contributed by atoms with van der Waals surface area (Å²) in [6.45, 7) is 3.69. The maximum absolute atomic E-state index is 4.37.